The minimum absolute atomic E-state index is 0.0575. The molecule has 0 N–H and O–H groups in total. The Bertz CT molecular complexity index is 1160. The SMILES string of the molecule is CN(C(=O)CSc1nnc(-c2ccccc2F)n1Cc1ccccc1)c1ccccc1. The Kier molecular flexibility index (Phi) is 6.43. The van der Waals surface area contributed by atoms with Gasteiger partial charge in [-0.05, 0) is 29.8 Å². The third-order valence-electron chi connectivity index (χ3n) is 4.86. The number of carbonyl (C=O) groups is 1. The first-order valence-electron chi connectivity index (χ1n) is 9.80. The summed E-state index contributed by atoms with van der Waals surface area (Å²) in [5.74, 6) is 0.210. The van der Waals surface area contributed by atoms with Crippen molar-refractivity contribution in [2.45, 2.75) is 11.7 Å². The van der Waals surface area contributed by atoms with Gasteiger partial charge in [-0.15, -0.1) is 10.2 Å². The van der Waals surface area contributed by atoms with Gasteiger partial charge in [-0.2, -0.15) is 0 Å². The normalized spacial score (nSPS) is 10.8. The van der Waals surface area contributed by atoms with Gasteiger partial charge < -0.3 is 4.90 Å². The van der Waals surface area contributed by atoms with Gasteiger partial charge in [-0.1, -0.05) is 72.4 Å². The maximum Gasteiger partial charge on any atom is 0.237 e. The van der Waals surface area contributed by atoms with Crippen LogP contribution in [0, 0.1) is 5.82 Å². The number of amides is 1. The number of para-hydroxylation sites is 1. The molecule has 3 aromatic carbocycles. The summed E-state index contributed by atoms with van der Waals surface area (Å²) in [6, 6.07) is 25.8. The third kappa shape index (κ3) is 4.83. The lowest BCUT2D eigenvalue weighted by Crippen LogP contribution is -2.28. The highest BCUT2D eigenvalue weighted by molar-refractivity contribution is 7.99. The van der Waals surface area contributed by atoms with Crippen molar-refractivity contribution in [3.8, 4) is 11.4 Å². The molecule has 5 nitrogen and oxygen atoms in total. The summed E-state index contributed by atoms with van der Waals surface area (Å²) in [5.41, 5.74) is 2.24. The van der Waals surface area contributed by atoms with Crippen LogP contribution in [0.4, 0.5) is 10.1 Å². The minimum atomic E-state index is -0.361. The van der Waals surface area contributed by atoms with E-state index < -0.39 is 0 Å². The fraction of sp³-hybridized carbons (Fsp3) is 0.125. The van der Waals surface area contributed by atoms with E-state index in [-0.39, 0.29) is 17.5 Å². The van der Waals surface area contributed by atoms with Gasteiger partial charge in [0.05, 0.1) is 17.9 Å². The van der Waals surface area contributed by atoms with E-state index in [1.54, 1.807) is 30.1 Å². The van der Waals surface area contributed by atoms with Crippen LogP contribution in [-0.2, 0) is 11.3 Å². The van der Waals surface area contributed by atoms with Crippen molar-refractivity contribution in [1.29, 1.82) is 0 Å². The van der Waals surface area contributed by atoms with Crippen LogP contribution in [0.25, 0.3) is 11.4 Å². The molecule has 4 aromatic rings. The second-order valence-electron chi connectivity index (χ2n) is 6.93. The fourth-order valence-corrected chi connectivity index (χ4v) is 4.02. The molecule has 31 heavy (non-hydrogen) atoms. The molecular weight excluding hydrogens is 411 g/mol. The van der Waals surface area contributed by atoms with E-state index in [9.17, 15) is 9.18 Å². The Labute approximate surface area is 184 Å². The van der Waals surface area contributed by atoms with E-state index in [1.165, 1.54) is 17.8 Å². The standard InChI is InChI=1S/C24H21FN4OS/c1-28(19-12-6-3-7-13-19)22(30)17-31-24-27-26-23(20-14-8-9-15-21(20)25)29(24)16-18-10-4-2-5-11-18/h2-15H,16-17H2,1H3. The first-order valence-corrected chi connectivity index (χ1v) is 10.8. The Hall–Kier alpha value is -3.45. The van der Waals surface area contributed by atoms with Crippen LogP contribution in [-0.4, -0.2) is 33.5 Å². The minimum Gasteiger partial charge on any atom is -0.315 e. The average Bonchev–Trinajstić information content (AvgIpc) is 3.20. The number of rotatable bonds is 7. The molecular formula is C24H21FN4OS. The highest BCUT2D eigenvalue weighted by Crippen LogP contribution is 2.27. The van der Waals surface area contributed by atoms with Crippen molar-refractivity contribution < 1.29 is 9.18 Å². The zero-order valence-corrected chi connectivity index (χ0v) is 17.8. The van der Waals surface area contributed by atoms with E-state index in [1.807, 2.05) is 65.2 Å². The number of benzene rings is 3. The van der Waals surface area contributed by atoms with E-state index in [4.69, 9.17) is 0 Å². The maximum absolute atomic E-state index is 14.5. The van der Waals surface area contributed by atoms with Crippen LogP contribution >= 0.6 is 11.8 Å². The number of halogens is 1. The monoisotopic (exact) mass is 432 g/mol. The molecule has 156 valence electrons. The Morgan fingerprint density at radius 2 is 1.58 bits per heavy atom. The van der Waals surface area contributed by atoms with Gasteiger partial charge in [-0.3, -0.25) is 9.36 Å². The van der Waals surface area contributed by atoms with Gasteiger partial charge in [-0.25, -0.2) is 4.39 Å². The third-order valence-corrected chi connectivity index (χ3v) is 5.81. The van der Waals surface area contributed by atoms with Crippen molar-refractivity contribution in [1.82, 2.24) is 14.8 Å². The van der Waals surface area contributed by atoms with Gasteiger partial charge in [0.1, 0.15) is 5.82 Å². The Morgan fingerprint density at radius 1 is 0.935 bits per heavy atom. The molecule has 0 unspecified atom stereocenters. The van der Waals surface area contributed by atoms with Crippen LogP contribution in [0.5, 0.6) is 0 Å². The van der Waals surface area contributed by atoms with Crippen LogP contribution in [0.2, 0.25) is 0 Å². The summed E-state index contributed by atoms with van der Waals surface area (Å²) in [4.78, 5) is 14.3. The predicted molar refractivity (Wildman–Crippen MR) is 122 cm³/mol. The smallest absolute Gasteiger partial charge is 0.237 e. The molecule has 0 aliphatic rings. The molecule has 0 fully saturated rings. The molecule has 1 heterocycles. The summed E-state index contributed by atoms with van der Waals surface area (Å²) in [6.45, 7) is 0.475. The molecule has 0 bridgehead atoms. The maximum atomic E-state index is 14.5. The van der Waals surface area contributed by atoms with Crippen molar-refractivity contribution in [2.75, 3.05) is 17.7 Å². The molecule has 1 amide bonds. The molecule has 7 heteroatoms. The highest BCUT2D eigenvalue weighted by Gasteiger charge is 2.19. The lowest BCUT2D eigenvalue weighted by molar-refractivity contribution is -0.115. The number of hydrogen-bond acceptors (Lipinski definition) is 4. The van der Waals surface area contributed by atoms with Crippen molar-refractivity contribution in [3.63, 3.8) is 0 Å². The first-order chi connectivity index (χ1) is 15.1. The highest BCUT2D eigenvalue weighted by atomic mass is 32.2. The molecule has 0 atom stereocenters. The molecule has 0 spiro atoms. The lowest BCUT2D eigenvalue weighted by Gasteiger charge is -2.17. The van der Waals surface area contributed by atoms with Crippen LogP contribution in [0.15, 0.2) is 90.1 Å². The van der Waals surface area contributed by atoms with Gasteiger partial charge in [0.25, 0.3) is 0 Å². The topological polar surface area (TPSA) is 51.0 Å². The molecule has 0 saturated heterocycles. The Balaban J connectivity index is 1.60. The largest absolute Gasteiger partial charge is 0.315 e. The zero-order valence-electron chi connectivity index (χ0n) is 17.0. The van der Waals surface area contributed by atoms with Gasteiger partial charge in [0.2, 0.25) is 5.91 Å². The van der Waals surface area contributed by atoms with Gasteiger partial charge in [0, 0.05) is 12.7 Å². The summed E-state index contributed by atoms with van der Waals surface area (Å²) < 4.78 is 16.3. The first kappa shape index (κ1) is 20.8. The number of hydrogen-bond donors (Lipinski definition) is 0. The molecule has 0 saturated carbocycles. The zero-order chi connectivity index (χ0) is 21.6. The average molecular weight is 433 g/mol. The number of carbonyl (C=O) groups excluding carboxylic acids is 1. The number of anilines is 1. The van der Waals surface area contributed by atoms with E-state index >= 15 is 0 Å². The second kappa shape index (κ2) is 9.57. The van der Waals surface area contributed by atoms with Crippen LogP contribution in [0.1, 0.15) is 5.56 Å². The Morgan fingerprint density at radius 3 is 2.29 bits per heavy atom. The number of thioether (sulfide) groups is 1. The number of nitrogens with zero attached hydrogens (tertiary/aromatic N) is 4. The van der Waals surface area contributed by atoms with Crippen molar-refractivity contribution >= 4 is 23.4 Å². The fourth-order valence-electron chi connectivity index (χ4n) is 3.16. The van der Waals surface area contributed by atoms with E-state index in [2.05, 4.69) is 10.2 Å². The summed E-state index contributed by atoms with van der Waals surface area (Å²) in [5, 5.41) is 9.09. The molecule has 4 rings (SSSR count). The summed E-state index contributed by atoms with van der Waals surface area (Å²) in [7, 11) is 1.75. The van der Waals surface area contributed by atoms with E-state index in [0.29, 0.717) is 23.1 Å². The molecule has 1 aromatic heterocycles. The second-order valence-corrected chi connectivity index (χ2v) is 7.88. The van der Waals surface area contributed by atoms with Crippen LogP contribution in [0.3, 0.4) is 0 Å². The quantitative estimate of drug-likeness (QED) is 0.390. The van der Waals surface area contributed by atoms with Gasteiger partial charge in [0.15, 0.2) is 11.0 Å². The summed E-state index contributed by atoms with van der Waals surface area (Å²) >= 11 is 1.29. The van der Waals surface area contributed by atoms with E-state index in [0.717, 1.165) is 11.3 Å². The molecule has 0 aliphatic heterocycles. The van der Waals surface area contributed by atoms with Crippen molar-refractivity contribution in [3.05, 3.63) is 96.3 Å². The van der Waals surface area contributed by atoms with Gasteiger partial charge >= 0.3 is 0 Å². The predicted octanol–water partition coefficient (Wildman–Crippen LogP) is 4.89. The molecule has 0 aliphatic carbocycles. The summed E-state index contributed by atoms with van der Waals surface area (Å²) in [6.07, 6.45) is 0. The molecule has 0 radical (unpaired) electrons. The number of aromatic nitrogens is 3. The lowest BCUT2D eigenvalue weighted by atomic mass is 10.2. The van der Waals surface area contributed by atoms with Crippen molar-refractivity contribution in [2.24, 2.45) is 0 Å². The van der Waals surface area contributed by atoms with Crippen LogP contribution < -0.4 is 4.90 Å².